The van der Waals surface area contributed by atoms with Gasteiger partial charge < -0.3 is 9.80 Å². The molecule has 5 nitrogen and oxygen atoms in total. The molecule has 168 valence electrons. The lowest BCUT2D eigenvalue weighted by molar-refractivity contribution is 0.0534. The van der Waals surface area contributed by atoms with Crippen molar-refractivity contribution in [2.75, 3.05) is 26.2 Å². The molecule has 0 saturated carbocycles. The van der Waals surface area contributed by atoms with Crippen LogP contribution in [0.25, 0.3) is 0 Å². The van der Waals surface area contributed by atoms with Crippen molar-refractivity contribution in [2.45, 2.75) is 19.8 Å². The molecule has 3 aromatic carbocycles. The van der Waals surface area contributed by atoms with Gasteiger partial charge >= 0.3 is 0 Å². The standard InChI is InChI=1S/C28H28N2O3/c1-20(2)21-12-14-23(15-13-21)27(32)29-16-18-30(19-17-29)28(33)25-11-7-6-10-24(25)26(31)22-8-4-3-5-9-22/h3-15,20H,16-19H2,1-2H3. The predicted octanol–water partition coefficient (Wildman–Crippen LogP) is 4.64. The molecule has 1 heterocycles. The fourth-order valence-electron chi connectivity index (χ4n) is 4.09. The van der Waals surface area contributed by atoms with Gasteiger partial charge in [-0.1, -0.05) is 74.5 Å². The van der Waals surface area contributed by atoms with Crippen LogP contribution >= 0.6 is 0 Å². The first-order valence-electron chi connectivity index (χ1n) is 11.3. The van der Waals surface area contributed by atoms with E-state index >= 15 is 0 Å². The maximum atomic E-state index is 13.3. The average molecular weight is 441 g/mol. The lowest BCUT2D eigenvalue weighted by Crippen LogP contribution is -2.50. The SMILES string of the molecule is CC(C)c1ccc(C(=O)N2CCN(C(=O)c3ccccc3C(=O)c3ccccc3)CC2)cc1. The minimum Gasteiger partial charge on any atom is -0.335 e. The van der Waals surface area contributed by atoms with E-state index in [9.17, 15) is 14.4 Å². The van der Waals surface area contributed by atoms with Crippen LogP contribution in [-0.2, 0) is 0 Å². The molecular weight excluding hydrogens is 412 g/mol. The quantitative estimate of drug-likeness (QED) is 0.543. The first kappa shape index (κ1) is 22.5. The zero-order chi connectivity index (χ0) is 23.4. The Bertz CT molecular complexity index is 1150. The molecule has 1 aliphatic heterocycles. The van der Waals surface area contributed by atoms with Gasteiger partial charge in [-0.25, -0.2) is 0 Å². The van der Waals surface area contributed by atoms with Gasteiger partial charge in [0.05, 0.1) is 5.56 Å². The Hall–Kier alpha value is -3.73. The number of amides is 2. The van der Waals surface area contributed by atoms with Gasteiger partial charge in [-0.15, -0.1) is 0 Å². The van der Waals surface area contributed by atoms with E-state index in [0.29, 0.717) is 54.4 Å². The van der Waals surface area contributed by atoms with Crippen LogP contribution in [0.4, 0.5) is 0 Å². The Morgan fingerprint density at radius 1 is 0.606 bits per heavy atom. The molecule has 0 radical (unpaired) electrons. The van der Waals surface area contributed by atoms with Crippen LogP contribution in [0.15, 0.2) is 78.9 Å². The molecule has 3 aromatic rings. The number of nitrogens with zero attached hydrogens (tertiary/aromatic N) is 2. The third-order valence-electron chi connectivity index (χ3n) is 6.12. The summed E-state index contributed by atoms with van der Waals surface area (Å²) in [6.45, 7) is 6.04. The van der Waals surface area contributed by atoms with Crippen LogP contribution in [0.2, 0.25) is 0 Å². The minimum absolute atomic E-state index is 0.0166. The van der Waals surface area contributed by atoms with Gasteiger partial charge in [0.1, 0.15) is 0 Å². The number of hydrogen-bond donors (Lipinski definition) is 0. The summed E-state index contributed by atoms with van der Waals surface area (Å²) >= 11 is 0. The monoisotopic (exact) mass is 440 g/mol. The van der Waals surface area contributed by atoms with E-state index in [1.165, 1.54) is 5.56 Å². The zero-order valence-corrected chi connectivity index (χ0v) is 19.0. The second kappa shape index (κ2) is 9.82. The number of hydrogen-bond acceptors (Lipinski definition) is 3. The van der Waals surface area contributed by atoms with Crippen molar-refractivity contribution in [1.29, 1.82) is 0 Å². The topological polar surface area (TPSA) is 57.7 Å². The van der Waals surface area contributed by atoms with E-state index in [0.717, 1.165) is 0 Å². The summed E-state index contributed by atoms with van der Waals surface area (Å²) in [5.74, 6) is 0.0545. The van der Waals surface area contributed by atoms with E-state index in [4.69, 9.17) is 0 Å². The highest BCUT2D eigenvalue weighted by atomic mass is 16.2. The summed E-state index contributed by atoms with van der Waals surface area (Å²) in [6, 6.07) is 23.7. The third kappa shape index (κ3) is 4.87. The highest BCUT2D eigenvalue weighted by Gasteiger charge is 2.28. The first-order valence-corrected chi connectivity index (χ1v) is 11.3. The largest absolute Gasteiger partial charge is 0.335 e. The number of carbonyl (C=O) groups is 3. The van der Waals surface area contributed by atoms with Gasteiger partial charge in [-0.3, -0.25) is 14.4 Å². The van der Waals surface area contributed by atoms with E-state index in [2.05, 4.69) is 13.8 Å². The highest BCUT2D eigenvalue weighted by molar-refractivity contribution is 6.15. The zero-order valence-electron chi connectivity index (χ0n) is 19.0. The summed E-state index contributed by atoms with van der Waals surface area (Å²) < 4.78 is 0. The van der Waals surface area contributed by atoms with Crippen molar-refractivity contribution >= 4 is 17.6 Å². The van der Waals surface area contributed by atoms with E-state index < -0.39 is 0 Å². The fourth-order valence-corrected chi connectivity index (χ4v) is 4.09. The Balaban J connectivity index is 1.44. The molecule has 33 heavy (non-hydrogen) atoms. The van der Waals surface area contributed by atoms with E-state index in [-0.39, 0.29) is 17.6 Å². The molecule has 0 bridgehead atoms. The molecule has 0 unspecified atom stereocenters. The Kier molecular flexibility index (Phi) is 6.68. The maximum Gasteiger partial charge on any atom is 0.254 e. The van der Waals surface area contributed by atoms with Crippen molar-refractivity contribution in [2.24, 2.45) is 0 Å². The van der Waals surface area contributed by atoms with Crippen LogP contribution in [0.5, 0.6) is 0 Å². The lowest BCUT2D eigenvalue weighted by atomic mass is 9.97. The molecular formula is C28H28N2O3. The lowest BCUT2D eigenvalue weighted by Gasteiger charge is -2.35. The van der Waals surface area contributed by atoms with Crippen LogP contribution < -0.4 is 0 Å². The number of piperazine rings is 1. The molecule has 5 heteroatoms. The van der Waals surface area contributed by atoms with Gasteiger partial charge in [0.25, 0.3) is 11.8 Å². The van der Waals surface area contributed by atoms with Crippen molar-refractivity contribution in [3.8, 4) is 0 Å². The first-order chi connectivity index (χ1) is 16.0. The van der Waals surface area contributed by atoms with Crippen LogP contribution in [0, 0.1) is 0 Å². The Labute approximate surface area is 194 Å². The van der Waals surface area contributed by atoms with Crippen molar-refractivity contribution in [3.63, 3.8) is 0 Å². The smallest absolute Gasteiger partial charge is 0.254 e. The fraction of sp³-hybridized carbons (Fsp3) is 0.250. The molecule has 0 atom stereocenters. The molecule has 1 fully saturated rings. The van der Waals surface area contributed by atoms with Gasteiger partial charge in [-0.05, 0) is 29.7 Å². The Morgan fingerprint density at radius 3 is 1.70 bits per heavy atom. The summed E-state index contributed by atoms with van der Waals surface area (Å²) in [6.07, 6.45) is 0. The molecule has 4 rings (SSSR count). The molecule has 0 N–H and O–H groups in total. The second-order valence-electron chi connectivity index (χ2n) is 8.60. The van der Waals surface area contributed by atoms with E-state index in [1.54, 1.807) is 46.2 Å². The summed E-state index contributed by atoms with van der Waals surface area (Å²) in [5.41, 5.74) is 3.22. The normalized spacial score (nSPS) is 13.8. The van der Waals surface area contributed by atoms with Gasteiger partial charge in [0.2, 0.25) is 0 Å². The van der Waals surface area contributed by atoms with Crippen LogP contribution in [0.1, 0.15) is 62.0 Å². The molecule has 2 amide bonds. The molecule has 1 saturated heterocycles. The number of rotatable bonds is 5. The maximum absolute atomic E-state index is 13.3. The summed E-state index contributed by atoms with van der Waals surface area (Å²) in [4.78, 5) is 42.7. The molecule has 1 aliphatic rings. The summed E-state index contributed by atoms with van der Waals surface area (Å²) in [5, 5.41) is 0. The van der Waals surface area contributed by atoms with Gasteiger partial charge in [0, 0.05) is 42.9 Å². The number of benzene rings is 3. The molecule has 0 aliphatic carbocycles. The molecule has 0 spiro atoms. The summed E-state index contributed by atoms with van der Waals surface area (Å²) in [7, 11) is 0. The minimum atomic E-state index is -0.178. The van der Waals surface area contributed by atoms with Crippen molar-refractivity contribution < 1.29 is 14.4 Å². The van der Waals surface area contributed by atoms with E-state index in [1.807, 2.05) is 42.5 Å². The number of ketones is 1. The van der Waals surface area contributed by atoms with Gasteiger partial charge in [-0.2, -0.15) is 0 Å². The van der Waals surface area contributed by atoms with Crippen LogP contribution in [-0.4, -0.2) is 53.6 Å². The number of carbonyl (C=O) groups excluding carboxylic acids is 3. The van der Waals surface area contributed by atoms with Crippen molar-refractivity contribution in [3.05, 3.63) is 107 Å². The highest BCUT2D eigenvalue weighted by Crippen LogP contribution is 2.19. The van der Waals surface area contributed by atoms with Crippen LogP contribution in [0.3, 0.4) is 0 Å². The van der Waals surface area contributed by atoms with Crippen molar-refractivity contribution in [1.82, 2.24) is 9.80 Å². The average Bonchev–Trinajstić information content (AvgIpc) is 2.88. The predicted molar refractivity (Wildman–Crippen MR) is 129 cm³/mol. The third-order valence-corrected chi connectivity index (χ3v) is 6.12. The Morgan fingerprint density at radius 2 is 1.12 bits per heavy atom. The molecule has 0 aromatic heterocycles. The second-order valence-corrected chi connectivity index (χ2v) is 8.60. The van der Waals surface area contributed by atoms with Gasteiger partial charge in [0.15, 0.2) is 5.78 Å².